The van der Waals surface area contributed by atoms with Crippen LogP contribution in [0.1, 0.15) is 10.4 Å². The highest BCUT2D eigenvalue weighted by molar-refractivity contribution is 7.22. The van der Waals surface area contributed by atoms with Crippen molar-refractivity contribution in [2.45, 2.75) is 0 Å². The molecule has 7 heteroatoms. The summed E-state index contributed by atoms with van der Waals surface area (Å²) < 4.78 is 6.22. The average Bonchev–Trinajstić information content (AvgIpc) is 3.01. The molecule has 0 spiro atoms. The van der Waals surface area contributed by atoms with Crippen molar-refractivity contribution >= 4 is 32.6 Å². The number of anilines is 1. The summed E-state index contributed by atoms with van der Waals surface area (Å²) in [5.74, 6) is 0.116. The van der Waals surface area contributed by atoms with E-state index >= 15 is 0 Å². The normalized spacial score (nSPS) is 10.5. The molecule has 0 aliphatic carbocycles. The molecule has 0 fully saturated rings. The van der Waals surface area contributed by atoms with E-state index in [1.165, 1.54) is 7.11 Å². The molecule has 2 N–H and O–H groups in total. The molecule has 23 heavy (non-hydrogen) atoms. The van der Waals surface area contributed by atoms with Crippen LogP contribution < -0.4 is 15.4 Å². The predicted molar refractivity (Wildman–Crippen MR) is 91.2 cm³/mol. The number of benzene rings is 1. The van der Waals surface area contributed by atoms with Gasteiger partial charge in [0.25, 0.3) is 5.91 Å². The fourth-order valence-electron chi connectivity index (χ4n) is 2.11. The maximum atomic E-state index is 12.1. The Morgan fingerprint density at radius 3 is 2.91 bits per heavy atom. The number of carbonyl (C=O) groups is 1. The quantitative estimate of drug-likeness (QED) is 0.680. The molecule has 118 valence electrons. The molecule has 0 unspecified atom stereocenters. The van der Waals surface area contributed by atoms with Crippen LogP contribution in [0.25, 0.3) is 10.2 Å². The topological polar surface area (TPSA) is 76.1 Å². The zero-order valence-corrected chi connectivity index (χ0v) is 13.4. The van der Waals surface area contributed by atoms with E-state index in [4.69, 9.17) is 4.74 Å². The molecule has 6 nitrogen and oxygen atoms in total. The maximum absolute atomic E-state index is 12.1. The van der Waals surface area contributed by atoms with E-state index in [0.29, 0.717) is 24.5 Å². The van der Waals surface area contributed by atoms with Gasteiger partial charge in [0.15, 0.2) is 5.13 Å². The molecule has 2 aromatic heterocycles. The second kappa shape index (κ2) is 7.06. The lowest BCUT2D eigenvalue weighted by Gasteiger charge is -2.08. The third-order valence-electron chi connectivity index (χ3n) is 3.19. The van der Waals surface area contributed by atoms with E-state index in [1.807, 2.05) is 24.3 Å². The van der Waals surface area contributed by atoms with Crippen LogP contribution in [0, 0.1) is 0 Å². The molecule has 0 atom stereocenters. The Morgan fingerprint density at radius 1 is 1.22 bits per heavy atom. The largest absolute Gasteiger partial charge is 0.480 e. The zero-order chi connectivity index (χ0) is 16.1. The molecule has 3 rings (SSSR count). The number of para-hydroxylation sites is 1. The minimum Gasteiger partial charge on any atom is -0.480 e. The number of methoxy groups -OCH3 is 1. The number of fused-ring (bicyclic) bond motifs is 1. The summed E-state index contributed by atoms with van der Waals surface area (Å²) in [6.07, 6.45) is 1.59. The number of hydrogen-bond donors (Lipinski definition) is 2. The zero-order valence-electron chi connectivity index (χ0n) is 12.6. The Hall–Kier alpha value is -2.67. The first-order valence-electron chi connectivity index (χ1n) is 7.14. The van der Waals surface area contributed by atoms with E-state index < -0.39 is 0 Å². The number of thiazole rings is 1. The van der Waals surface area contributed by atoms with Crippen molar-refractivity contribution in [2.24, 2.45) is 0 Å². The van der Waals surface area contributed by atoms with Crippen LogP contribution >= 0.6 is 11.3 Å². The first-order valence-corrected chi connectivity index (χ1v) is 7.96. The lowest BCUT2D eigenvalue weighted by molar-refractivity contribution is 0.0951. The number of hydrogen-bond acceptors (Lipinski definition) is 6. The number of aromatic nitrogens is 2. The minimum atomic E-state index is -0.207. The smallest absolute Gasteiger partial charge is 0.256 e. The lowest BCUT2D eigenvalue weighted by atomic mass is 10.2. The second-order valence-corrected chi connectivity index (χ2v) is 5.76. The van der Waals surface area contributed by atoms with Crippen molar-refractivity contribution in [3.05, 3.63) is 48.2 Å². The summed E-state index contributed by atoms with van der Waals surface area (Å²) in [5.41, 5.74) is 1.40. The van der Waals surface area contributed by atoms with E-state index in [1.54, 1.807) is 29.7 Å². The van der Waals surface area contributed by atoms with Gasteiger partial charge in [0.05, 0.1) is 17.3 Å². The van der Waals surface area contributed by atoms with Gasteiger partial charge in [-0.05, 0) is 24.3 Å². The maximum Gasteiger partial charge on any atom is 0.256 e. The predicted octanol–water partition coefficient (Wildman–Crippen LogP) is 2.54. The van der Waals surface area contributed by atoms with Crippen LogP contribution in [-0.2, 0) is 0 Å². The fourth-order valence-corrected chi connectivity index (χ4v) is 3.01. The molecule has 0 bridgehead atoms. The number of nitrogens with one attached hydrogen (secondary N) is 2. The molecule has 0 saturated carbocycles. The van der Waals surface area contributed by atoms with Gasteiger partial charge in [-0.2, -0.15) is 0 Å². The number of ether oxygens (including phenoxy) is 1. The summed E-state index contributed by atoms with van der Waals surface area (Å²) in [4.78, 5) is 20.6. The van der Waals surface area contributed by atoms with Crippen molar-refractivity contribution in [1.29, 1.82) is 0 Å². The van der Waals surface area contributed by atoms with Crippen LogP contribution in [0.5, 0.6) is 5.88 Å². The van der Waals surface area contributed by atoms with Crippen LogP contribution in [0.2, 0.25) is 0 Å². The van der Waals surface area contributed by atoms with Gasteiger partial charge >= 0.3 is 0 Å². The number of pyridine rings is 1. The number of rotatable bonds is 6. The van der Waals surface area contributed by atoms with Crippen LogP contribution in [0.4, 0.5) is 5.13 Å². The molecular formula is C16H16N4O2S. The molecule has 0 saturated heterocycles. The SMILES string of the molecule is COc1ncccc1C(=O)NCCNc1nc2ccccc2s1. The highest BCUT2D eigenvalue weighted by Gasteiger charge is 2.11. The van der Waals surface area contributed by atoms with Crippen LogP contribution in [-0.4, -0.2) is 36.1 Å². The molecule has 1 aromatic carbocycles. The Morgan fingerprint density at radius 2 is 2.09 bits per heavy atom. The van der Waals surface area contributed by atoms with Crippen LogP contribution in [0.3, 0.4) is 0 Å². The summed E-state index contributed by atoms with van der Waals surface area (Å²) in [5, 5.41) is 6.90. The second-order valence-electron chi connectivity index (χ2n) is 4.73. The van der Waals surface area contributed by atoms with E-state index in [2.05, 4.69) is 20.6 Å². The molecule has 0 aliphatic heterocycles. The Kier molecular flexibility index (Phi) is 4.68. The average molecular weight is 328 g/mol. The summed E-state index contributed by atoms with van der Waals surface area (Å²) in [7, 11) is 1.49. The molecule has 1 amide bonds. The van der Waals surface area contributed by atoms with Gasteiger partial charge in [0.2, 0.25) is 5.88 Å². The Bertz CT molecular complexity index is 785. The van der Waals surface area contributed by atoms with E-state index in [9.17, 15) is 4.79 Å². The Labute approximate surface area is 137 Å². The number of nitrogens with zero attached hydrogens (tertiary/aromatic N) is 2. The fraction of sp³-hybridized carbons (Fsp3) is 0.188. The van der Waals surface area contributed by atoms with Gasteiger partial charge < -0.3 is 15.4 Å². The highest BCUT2D eigenvalue weighted by atomic mass is 32.1. The van der Waals surface area contributed by atoms with Gasteiger partial charge in [-0.3, -0.25) is 4.79 Å². The minimum absolute atomic E-state index is 0.207. The number of amides is 1. The van der Waals surface area contributed by atoms with Gasteiger partial charge in [-0.25, -0.2) is 9.97 Å². The monoisotopic (exact) mass is 328 g/mol. The molecule has 2 heterocycles. The summed E-state index contributed by atoms with van der Waals surface area (Å²) >= 11 is 1.59. The van der Waals surface area contributed by atoms with E-state index in [0.717, 1.165) is 15.3 Å². The van der Waals surface area contributed by atoms with Crippen molar-refractivity contribution in [2.75, 3.05) is 25.5 Å². The van der Waals surface area contributed by atoms with E-state index in [-0.39, 0.29) is 5.91 Å². The highest BCUT2D eigenvalue weighted by Crippen LogP contribution is 2.24. The number of carbonyl (C=O) groups excluding carboxylic acids is 1. The van der Waals surface area contributed by atoms with Crippen LogP contribution in [0.15, 0.2) is 42.6 Å². The van der Waals surface area contributed by atoms with Gasteiger partial charge in [-0.1, -0.05) is 23.5 Å². The van der Waals surface area contributed by atoms with Gasteiger partial charge in [0.1, 0.15) is 5.56 Å². The first-order chi connectivity index (χ1) is 11.3. The van der Waals surface area contributed by atoms with Crippen molar-refractivity contribution < 1.29 is 9.53 Å². The third kappa shape index (κ3) is 3.57. The molecule has 0 aliphatic rings. The standard InChI is InChI=1S/C16H16N4O2S/c1-22-15-11(5-4-8-18-15)14(21)17-9-10-19-16-20-12-6-2-3-7-13(12)23-16/h2-8H,9-10H2,1H3,(H,17,21)(H,19,20). The first kappa shape index (κ1) is 15.2. The third-order valence-corrected chi connectivity index (χ3v) is 4.18. The summed E-state index contributed by atoms with van der Waals surface area (Å²) in [6, 6.07) is 11.4. The van der Waals surface area contributed by atoms with Crippen molar-refractivity contribution in [3.8, 4) is 5.88 Å². The molecule has 3 aromatic rings. The molecular weight excluding hydrogens is 312 g/mol. The van der Waals surface area contributed by atoms with Gasteiger partial charge in [0, 0.05) is 19.3 Å². The van der Waals surface area contributed by atoms with Crippen molar-refractivity contribution in [3.63, 3.8) is 0 Å². The Balaban J connectivity index is 1.52. The van der Waals surface area contributed by atoms with Gasteiger partial charge in [-0.15, -0.1) is 0 Å². The summed E-state index contributed by atoms with van der Waals surface area (Å²) in [6.45, 7) is 1.07. The lowest BCUT2D eigenvalue weighted by Crippen LogP contribution is -2.29. The molecule has 0 radical (unpaired) electrons. The van der Waals surface area contributed by atoms with Crippen molar-refractivity contribution in [1.82, 2.24) is 15.3 Å².